The highest BCUT2D eigenvalue weighted by Crippen LogP contribution is 2.33. The smallest absolute Gasteiger partial charge is 0.135 e. The number of hydrogen-bond donors (Lipinski definition) is 1. The van der Waals surface area contributed by atoms with Crippen molar-refractivity contribution in [1.29, 1.82) is 0 Å². The summed E-state index contributed by atoms with van der Waals surface area (Å²) in [6.45, 7) is 5.85. The maximum Gasteiger partial charge on any atom is 0.135 e. The van der Waals surface area contributed by atoms with Crippen LogP contribution in [0, 0.1) is 0 Å². The quantitative estimate of drug-likeness (QED) is 0.571. The van der Waals surface area contributed by atoms with Gasteiger partial charge in [-0.3, -0.25) is 0 Å². The van der Waals surface area contributed by atoms with Crippen LogP contribution in [-0.4, -0.2) is 20.8 Å². The van der Waals surface area contributed by atoms with E-state index in [1.54, 1.807) is 14.2 Å². The van der Waals surface area contributed by atoms with Crippen molar-refractivity contribution in [2.24, 2.45) is 0 Å². The second-order valence-electron chi connectivity index (χ2n) is 5.10. The zero-order valence-electron chi connectivity index (χ0n) is 13.7. The Morgan fingerprint density at radius 2 is 1.70 bits per heavy atom. The van der Waals surface area contributed by atoms with Gasteiger partial charge in [0, 0.05) is 12.1 Å². The molecule has 4 heteroatoms. The predicted molar refractivity (Wildman–Crippen MR) is 91.0 cm³/mol. The van der Waals surface area contributed by atoms with E-state index in [0.717, 1.165) is 41.5 Å². The fourth-order valence-corrected chi connectivity index (χ4v) is 2.33. The van der Waals surface area contributed by atoms with Crippen molar-refractivity contribution in [3.63, 3.8) is 0 Å². The molecule has 0 saturated heterocycles. The summed E-state index contributed by atoms with van der Waals surface area (Å²) in [6, 6.07) is 13.9. The monoisotopic (exact) mass is 314 g/mol. The molecule has 2 rings (SSSR count). The maximum atomic E-state index is 5.87. The van der Waals surface area contributed by atoms with Gasteiger partial charge in [-0.15, -0.1) is 0 Å². The molecule has 4 nitrogen and oxygen atoms in total. The minimum Gasteiger partial charge on any atom is -0.496 e. The number of benzene rings is 2. The van der Waals surface area contributed by atoms with E-state index in [0.29, 0.717) is 6.61 Å². The molecule has 0 radical (unpaired) electrons. The first-order valence-electron chi connectivity index (χ1n) is 7.62. The van der Waals surface area contributed by atoms with Crippen LogP contribution in [0.2, 0.25) is 0 Å². The van der Waals surface area contributed by atoms with E-state index in [1.807, 2.05) is 48.5 Å². The Balaban J connectivity index is 2.16. The molecule has 0 aromatic heterocycles. The molecule has 23 heavy (non-hydrogen) atoms. The molecule has 0 aliphatic carbocycles. The van der Waals surface area contributed by atoms with E-state index < -0.39 is 0 Å². The highest BCUT2D eigenvalue weighted by Gasteiger charge is 2.14. The molecule has 2 aromatic carbocycles. The summed E-state index contributed by atoms with van der Waals surface area (Å²) in [5.74, 6) is 2.27. The van der Waals surface area contributed by atoms with Crippen LogP contribution in [0.1, 0.15) is 11.1 Å². The second kappa shape index (κ2) is 8.86. The lowest BCUT2D eigenvalue weighted by Crippen LogP contribution is -2.82. The predicted octanol–water partition coefficient (Wildman–Crippen LogP) is 2.53. The first kappa shape index (κ1) is 16.9. The van der Waals surface area contributed by atoms with E-state index in [4.69, 9.17) is 14.2 Å². The summed E-state index contributed by atoms with van der Waals surface area (Å²) >= 11 is 0. The van der Waals surface area contributed by atoms with E-state index in [1.165, 1.54) is 0 Å². The molecule has 0 aliphatic heterocycles. The van der Waals surface area contributed by atoms with Crippen molar-refractivity contribution in [3.8, 4) is 17.2 Å². The lowest BCUT2D eigenvalue weighted by molar-refractivity contribution is -0.662. The van der Waals surface area contributed by atoms with Crippen LogP contribution in [0.15, 0.2) is 55.1 Å². The van der Waals surface area contributed by atoms with Crippen LogP contribution in [0.5, 0.6) is 17.2 Å². The molecular formula is C19H24NO3+. The molecule has 0 aliphatic rings. The third-order valence-electron chi connectivity index (χ3n) is 3.51. The maximum absolute atomic E-state index is 5.87. The highest BCUT2D eigenvalue weighted by molar-refractivity contribution is 5.50. The fourth-order valence-electron chi connectivity index (χ4n) is 2.33. The molecule has 2 N–H and O–H groups in total. The van der Waals surface area contributed by atoms with Crippen molar-refractivity contribution < 1.29 is 19.5 Å². The Hall–Kier alpha value is -2.46. The summed E-state index contributed by atoms with van der Waals surface area (Å²) < 4.78 is 16.9. The van der Waals surface area contributed by atoms with Gasteiger partial charge in [0.15, 0.2) is 0 Å². The Kier molecular flexibility index (Phi) is 6.51. The highest BCUT2D eigenvalue weighted by atomic mass is 16.5. The molecule has 0 amide bonds. The average Bonchev–Trinajstić information content (AvgIpc) is 2.61. The van der Waals surface area contributed by atoms with Crippen LogP contribution in [-0.2, 0) is 13.2 Å². The second-order valence-corrected chi connectivity index (χ2v) is 5.10. The summed E-state index contributed by atoms with van der Waals surface area (Å²) in [5.41, 5.74) is 2.14. The van der Waals surface area contributed by atoms with Gasteiger partial charge in [0.2, 0.25) is 0 Å². The van der Waals surface area contributed by atoms with Gasteiger partial charge in [-0.2, -0.15) is 0 Å². The Bertz CT molecular complexity index is 601. The third-order valence-corrected chi connectivity index (χ3v) is 3.51. The van der Waals surface area contributed by atoms with Crippen LogP contribution >= 0.6 is 0 Å². The van der Waals surface area contributed by atoms with Crippen LogP contribution in [0.4, 0.5) is 0 Å². The zero-order chi connectivity index (χ0) is 16.5. The number of nitrogens with two attached hydrogens (primary N) is 1. The number of quaternary nitrogens is 1. The van der Waals surface area contributed by atoms with E-state index >= 15 is 0 Å². The summed E-state index contributed by atoms with van der Waals surface area (Å²) in [6.07, 6.45) is 1.87. The summed E-state index contributed by atoms with van der Waals surface area (Å²) in [5, 5.41) is 2.14. The summed E-state index contributed by atoms with van der Waals surface area (Å²) in [7, 11) is 3.32. The van der Waals surface area contributed by atoms with Gasteiger partial charge < -0.3 is 19.5 Å². The van der Waals surface area contributed by atoms with Crippen molar-refractivity contribution in [3.05, 3.63) is 66.2 Å². The van der Waals surface area contributed by atoms with Gasteiger partial charge in [0.05, 0.1) is 26.3 Å². The molecule has 0 spiro atoms. The number of ether oxygens (including phenoxy) is 3. The lowest BCUT2D eigenvalue weighted by Gasteiger charge is -2.15. The average molecular weight is 314 g/mol. The Morgan fingerprint density at radius 1 is 1.04 bits per heavy atom. The third kappa shape index (κ3) is 4.76. The van der Waals surface area contributed by atoms with Gasteiger partial charge in [0.1, 0.15) is 30.4 Å². The SMILES string of the molecule is C=CC[NH2+]Cc1c(OC)cc(OCc2ccccc2)cc1OC. The van der Waals surface area contributed by atoms with Gasteiger partial charge in [-0.05, 0) is 11.6 Å². The van der Waals surface area contributed by atoms with Crippen LogP contribution < -0.4 is 19.5 Å². The first-order chi connectivity index (χ1) is 11.3. The van der Waals surface area contributed by atoms with Crippen LogP contribution in [0.3, 0.4) is 0 Å². The number of rotatable bonds is 9. The Labute approximate surface area is 137 Å². The minimum atomic E-state index is 0.509. The van der Waals surface area contributed by atoms with Gasteiger partial charge >= 0.3 is 0 Å². The molecule has 0 atom stereocenters. The first-order valence-corrected chi connectivity index (χ1v) is 7.62. The zero-order valence-corrected chi connectivity index (χ0v) is 13.7. The topological polar surface area (TPSA) is 44.3 Å². The minimum absolute atomic E-state index is 0.509. The van der Waals surface area contributed by atoms with Crippen molar-refractivity contribution in [2.75, 3.05) is 20.8 Å². The lowest BCUT2D eigenvalue weighted by atomic mass is 10.1. The molecule has 0 heterocycles. The number of hydrogen-bond acceptors (Lipinski definition) is 3. The Morgan fingerprint density at radius 3 is 2.26 bits per heavy atom. The number of methoxy groups -OCH3 is 2. The van der Waals surface area contributed by atoms with Gasteiger partial charge in [-0.25, -0.2) is 0 Å². The van der Waals surface area contributed by atoms with Crippen LogP contribution in [0.25, 0.3) is 0 Å². The molecule has 122 valence electrons. The van der Waals surface area contributed by atoms with Gasteiger partial charge in [0.25, 0.3) is 0 Å². The van der Waals surface area contributed by atoms with Crippen molar-refractivity contribution in [1.82, 2.24) is 0 Å². The molecule has 2 aromatic rings. The molecule has 0 bridgehead atoms. The standard InChI is InChI=1S/C19H23NO3/c1-4-10-20-13-17-18(21-2)11-16(12-19(17)22-3)23-14-15-8-6-5-7-9-15/h4-9,11-12,20H,1,10,13-14H2,2-3H3/p+1. The van der Waals surface area contributed by atoms with Crippen molar-refractivity contribution >= 4 is 0 Å². The molecular weight excluding hydrogens is 290 g/mol. The van der Waals surface area contributed by atoms with E-state index in [2.05, 4.69) is 11.9 Å². The summed E-state index contributed by atoms with van der Waals surface area (Å²) in [4.78, 5) is 0. The van der Waals surface area contributed by atoms with E-state index in [-0.39, 0.29) is 0 Å². The molecule has 0 fully saturated rings. The fraction of sp³-hybridized carbons (Fsp3) is 0.263. The van der Waals surface area contributed by atoms with E-state index in [9.17, 15) is 0 Å². The van der Waals surface area contributed by atoms with Gasteiger partial charge in [-0.1, -0.05) is 36.9 Å². The van der Waals surface area contributed by atoms with Crippen molar-refractivity contribution in [2.45, 2.75) is 13.2 Å². The molecule has 0 unspecified atom stereocenters. The largest absolute Gasteiger partial charge is 0.496 e. The molecule has 0 saturated carbocycles. The normalized spacial score (nSPS) is 10.2.